The molecule has 1 amide bonds. The summed E-state index contributed by atoms with van der Waals surface area (Å²) in [5.74, 6) is 0.931. The predicted octanol–water partition coefficient (Wildman–Crippen LogP) is 2.28. The molecule has 3 aromatic heterocycles. The number of aromatic amines is 2. The molecule has 0 aliphatic carbocycles. The topological polar surface area (TPSA) is 126 Å². The van der Waals surface area contributed by atoms with Gasteiger partial charge in [0.1, 0.15) is 11.3 Å². The smallest absolute Gasteiger partial charge is 0.409 e. The van der Waals surface area contributed by atoms with E-state index in [1.807, 2.05) is 24.3 Å². The van der Waals surface area contributed by atoms with Crippen molar-refractivity contribution in [2.24, 2.45) is 0 Å². The molecule has 0 bridgehead atoms. The lowest BCUT2D eigenvalue weighted by molar-refractivity contribution is 0.130. The molecule has 0 fully saturated rings. The molecule has 0 aliphatic heterocycles. The molecule has 0 spiro atoms. The van der Waals surface area contributed by atoms with Gasteiger partial charge in [-0.3, -0.25) is 5.10 Å². The number of pyridine rings is 1. The van der Waals surface area contributed by atoms with Crippen LogP contribution in [0.1, 0.15) is 5.82 Å². The molecule has 0 saturated carbocycles. The number of nitrogens with two attached hydrogens (primary N) is 1. The van der Waals surface area contributed by atoms with E-state index >= 15 is 0 Å². The molecule has 26 heavy (non-hydrogen) atoms. The summed E-state index contributed by atoms with van der Waals surface area (Å²) in [4.78, 5) is 25.2. The van der Waals surface area contributed by atoms with Crippen LogP contribution in [0, 0.1) is 0 Å². The van der Waals surface area contributed by atoms with Crippen molar-refractivity contribution in [1.82, 2.24) is 30.0 Å². The number of nitrogen functional groups attached to an aromatic ring is 1. The third kappa shape index (κ3) is 2.59. The van der Waals surface area contributed by atoms with Gasteiger partial charge in [0, 0.05) is 24.2 Å². The maximum absolute atomic E-state index is 11.6. The Balaban J connectivity index is 1.80. The number of anilines is 1. The second-order valence-corrected chi connectivity index (χ2v) is 5.92. The van der Waals surface area contributed by atoms with Crippen LogP contribution in [-0.2, 0) is 11.3 Å². The van der Waals surface area contributed by atoms with Crippen molar-refractivity contribution in [2.45, 2.75) is 6.54 Å². The van der Waals surface area contributed by atoms with Gasteiger partial charge in [-0.1, -0.05) is 6.07 Å². The Morgan fingerprint density at radius 3 is 2.88 bits per heavy atom. The van der Waals surface area contributed by atoms with Gasteiger partial charge in [-0.05, 0) is 18.2 Å². The molecule has 4 aromatic rings. The maximum atomic E-state index is 11.6. The van der Waals surface area contributed by atoms with Gasteiger partial charge in [-0.25, -0.2) is 14.8 Å². The fourth-order valence-corrected chi connectivity index (χ4v) is 2.92. The molecule has 132 valence electrons. The Labute approximate surface area is 148 Å². The minimum absolute atomic E-state index is 0.271. The molecular weight excluding hydrogens is 334 g/mol. The van der Waals surface area contributed by atoms with Crippen molar-refractivity contribution in [3.8, 4) is 11.3 Å². The second-order valence-electron chi connectivity index (χ2n) is 5.92. The highest BCUT2D eigenvalue weighted by Gasteiger charge is 2.16. The van der Waals surface area contributed by atoms with Crippen molar-refractivity contribution in [3.63, 3.8) is 0 Å². The van der Waals surface area contributed by atoms with E-state index in [0.717, 1.165) is 27.7 Å². The second kappa shape index (κ2) is 6.03. The Kier molecular flexibility index (Phi) is 3.68. The highest BCUT2D eigenvalue weighted by molar-refractivity contribution is 6.07. The normalized spacial score (nSPS) is 11.2. The zero-order valence-electron chi connectivity index (χ0n) is 14.3. The van der Waals surface area contributed by atoms with E-state index in [1.54, 1.807) is 13.2 Å². The van der Waals surface area contributed by atoms with Gasteiger partial charge in [0.2, 0.25) is 0 Å². The monoisotopic (exact) mass is 351 g/mol. The average Bonchev–Trinajstić information content (AvgIpc) is 3.30. The van der Waals surface area contributed by atoms with Gasteiger partial charge >= 0.3 is 6.09 Å². The Bertz CT molecular complexity index is 1100. The quantitative estimate of drug-likeness (QED) is 0.520. The zero-order valence-corrected chi connectivity index (χ0v) is 14.3. The molecule has 0 radical (unpaired) electrons. The number of rotatable bonds is 3. The first-order valence-corrected chi connectivity index (χ1v) is 7.94. The lowest BCUT2D eigenvalue weighted by Gasteiger charge is -2.13. The summed E-state index contributed by atoms with van der Waals surface area (Å²) in [5, 5.41) is 7.88. The number of carbonyl (C=O) groups is 1. The van der Waals surface area contributed by atoms with Crippen molar-refractivity contribution in [3.05, 3.63) is 36.3 Å². The molecule has 9 nitrogen and oxygen atoms in total. The van der Waals surface area contributed by atoms with Crippen LogP contribution in [0.2, 0.25) is 0 Å². The Morgan fingerprint density at radius 1 is 1.31 bits per heavy atom. The molecule has 4 rings (SSSR count). The third-order valence-corrected chi connectivity index (χ3v) is 4.17. The van der Waals surface area contributed by atoms with E-state index in [4.69, 9.17) is 10.5 Å². The van der Waals surface area contributed by atoms with E-state index in [9.17, 15) is 4.79 Å². The van der Waals surface area contributed by atoms with Crippen LogP contribution in [-0.4, -0.2) is 50.3 Å². The minimum atomic E-state index is -0.440. The van der Waals surface area contributed by atoms with Gasteiger partial charge in [0.15, 0.2) is 5.82 Å². The van der Waals surface area contributed by atoms with Gasteiger partial charge < -0.3 is 20.4 Å². The average molecular weight is 351 g/mol. The SMILES string of the molecule is COC(=O)N(C)Cc1nc2c(N)nc3cc(-c4cc[nH]n4)ccc3c2[nH]1. The summed E-state index contributed by atoms with van der Waals surface area (Å²) in [7, 11) is 2.97. The number of hydrogen-bond acceptors (Lipinski definition) is 6. The highest BCUT2D eigenvalue weighted by atomic mass is 16.5. The number of aromatic nitrogens is 5. The van der Waals surface area contributed by atoms with E-state index in [-0.39, 0.29) is 6.54 Å². The number of methoxy groups -OCH3 is 1. The summed E-state index contributed by atoms with van der Waals surface area (Å²) >= 11 is 0. The van der Waals surface area contributed by atoms with Crippen molar-refractivity contribution < 1.29 is 9.53 Å². The number of nitrogens with one attached hydrogen (secondary N) is 2. The number of amides is 1. The fourth-order valence-electron chi connectivity index (χ4n) is 2.92. The van der Waals surface area contributed by atoms with Crippen LogP contribution in [0.25, 0.3) is 33.2 Å². The molecular formula is C17H17N7O2. The van der Waals surface area contributed by atoms with Crippen LogP contribution in [0.5, 0.6) is 0 Å². The first-order valence-electron chi connectivity index (χ1n) is 7.94. The van der Waals surface area contributed by atoms with Crippen LogP contribution in [0.15, 0.2) is 30.5 Å². The first-order chi connectivity index (χ1) is 12.6. The lowest BCUT2D eigenvalue weighted by atomic mass is 10.1. The number of fused-ring (bicyclic) bond motifs is 3. The molecule has 0 unspecified atom stereocenters. The molecule has 0 aliphatic rings. The summed E-state index contributed by atoms with van der Waals surface area (Å²) in [6, 6.07) is 7.75. The number of carbonyl (C=O) groups excluding carboxylic acids is 1. The third-order valence-electron chi connectivity index (χ3n) is 4.17. The van der Waals surface area contributed by atoms with E-state index in [2.05, 4.69) is 25.1 Å². The predicted molar refractivity (Wildman–Crippen MR) is 97.3 cm³/mol. The Morgan fingerprint density at radius 2 is 2.15 bits per heavy atom. The Hall–Kier alpha value is -3.62. The molecule has 1 aromatic carbocycles. The molecule has 4 N–H and O–H groups in total. The van der Waals surface area contributed by atoms with Gasteiger partial charge in [-0.2, -0.15) is 5.10 Å². The van der Waals surface area contributed by atoms with Gasteiger partial charge in [-0.15, -0.1) is 0 Å². The first kappa shape index (κ1) is 15.9. The van der Waals surface area contributed by atoms with Crippen molar-refractivity contribution >= 4 is 33.8 Å². The number of imidazole rings is 1. The minimum Gasteiger partial charge on any atom is -0.453 e. The van der Waals surface area contributed by atoms with E-state index < -0.39 is 6.09 Å². The maximum Gasteiger partial charge on any atom is 0.409 e. The summed E-state index contributed by atoms with van der Waals surface area (Å²) in [5.41, 5.74) is 9.98. The summed E-state index contributed by atoms with van der Waals surface area (Å²) < 4.78 is 4.70. The summed E-state index contributed by atoms with van der Waals surface area (Å²) in [6.07, 6.45) is 1.33. The summed E-state index contributed by atoms with van der Waals surface area (Å²) in [6.45, 7) is 0.271. The number of ether oxygens (including phenoxy) is 1. The van der Waals surface area contributed by atoms with Gasteiger partial charge in [0.25, 0.3) is 0 Å². The van der Waals surface area contributed by atoms with Crippen LogP contribution < -0.4 is 5.73 Å². The van der Waals surface area contributed by atoms with Crippen molar-refractivity contribution in [1.29, 1.82) is 0 Å². The van der Waals surface area contributed by atoms with Crippen LogP contribution >= 0.6 is 0 Å². The number of nitrogens with zero attached hydrogens (tertiary/aromatic N) is 4. The standard InChI is InChI=1S/C17H17N7O2/c1-24(17(25)26-2)8-13-21-14-10-4-3-9(11-5-6-19-23-11)7-12(10)20-16(18)15(14)22-13/h3-7H,8H2,1-2H3,(H2,18,20)(H,19,23)(H,21,22). The van der Waals surface area contributed by atoms with Crippen molar-refractivity contribution in [2.75, 3.05) is 19.9 Å². The molecule has 0 saturated heterocycles. The molecule has 3 heterocycles. The molecule has 9 heteroatoms. The fraction of sp³-hybridized carbons (Fsp3) is 0.176. The van der Waals surface area contributed by atoms with Crippen LogP contribution in [0.4, 0.5) is 10.6 Å². The highest BCUT2D eigenvalue weighted by Crippen LogP contribution is 2.29. The largest absolute Gasteiger partial charge is 0.453 e. The van der Waals surface area contributed by atoms with E-state index in [1.165, 1.54) is 12.0 Å². The zero-order chi connectivity index (χ0) is 18.3. The van der Waals surface area contributed by atoms with Gasteiger partial charge in [0.05, 0.1) is 30.4 Å². The molecule has 0 atom stereocenters. The van der Waals surface area contributed by atoms with E-state index in [0.29, 0.717) is 17.2 Å². The number of H-pyrrole nitrogens is 2. The number of hydrogen-bond donors (Lipinski definition) is 3. The van der Waals surface area contributed by atoms with Crippen LogP contribution in [0.3, 0.4) is 0 Å². The lowest BCUT2D eigenvalue weighted by Crippen LogP contribution is -2.26. The number of benzene rings is 1.